The number of hydrogen-bond acceptors (Lipinski definition) is 3. The second-order valence-electron chi connectivity index (χ2n) is 3.98. The van der Waals surface area contributed by atoms with Crippen LogP contribution in [-0.4, -0.2) is 24.7 Å². The highest BCUT2D eigenvalue weighted by Gasteiger charge is 2.31. The maximum absolute atomic E-state index is 5.60. The van der Waals surface area contributed by atoms with Gasteiger partial charge in [-0.3, -0.25) is 4.99 Å². The highest BCUT2D eigenvalue weighted by Crippen LogP contribution is 2.21. The van der Waals surface area contributed by atoms with Crippen LogP contribution in [0.3, 0.4) is 0 Å². The van der Waals surface area contributed by atoms with E-state index in [0.29, 0.717) is 6.61 Å². The number of rotatable bonds is 2. The second-order valence-corrected chi connectivity index (χ2v) is 3.98. The average Bonchev–Trinajstić information content (AvgIpc) is 2.57. The van der Waals surface area contributed by atoms with E-state index in [4.69, 9.17) is 9.47 Å². The van der Waals surface area contributed by atoms with E-state index < -0.39 is 5.79 Å². The molecule has 0 unspecified atom stereocenters. The summed E-state index contributed by atoms with van der Waals surface area (Å²) < 4.78 is 11.0. The Morgan fingerprint density at radius 3 is 2.67 bits per heavy atom. The normalized spacial score (nSPS) is 24.8. The summed E-state index contributed by atoms with van der Waals surface area (Å²) in [5.74, 6) is -0.479. The Kier molecular flexibility index (Phi) is 2.84. The van der Waals surface area contributed by atoms with Gasteiger partial charge in [0.25, 0.3) is 0 Å². The van der Waals surface area contributed by atoms with Crippen molar-refractivity contribution in [3.63, 3.8) is 0 Å². The number of benzene rings is 1. The molecule has 3 nitrogen and oxygen atoms in total. The molecule has 0 radical (unpaired) electrons. The molecule has 0 amide bonds. The fourth-order valence-corrected chi connectivity index (χ4v) is 1.47. The van der Waals surface area contributed by atoms with E-state index in [1.165, 1.54) is 0 Å². The van der Waals surface area contributed by atoms with Crippen LogP contribution < -0.4 is 0 Å². The summed E-state index contributed by atoms with van der Waals surface area (Å²) in [5.41, 5.74) is 0.936. The summed E-state index contributed by atoms with van der Waals surface area (Å²) in [5, 5.41) is 0. The van der Waals surface area contributed by atoms with Crippen molar-refractivity contribution in [1.29, 1.82) is 0 Å². The molecule has 1 aromatic carbocycles. The van der Waals surface area contributed by atoms with Crippen LogP contribution >= 0.6 is 0 Å². The van der Waals surface area contributed by atoms with E-state index >= 15 is 0 Å². The second kappa shape index (κ2) is 4.13. The van der Waals surface area contributed by atoms with Gasteiger partial charge in [0.15, 0.2) is 5.79 Å². The molecule has 0 N–H and O–H groups in total. The van der Waals surface area contributed by atoms with Gasteiger partial charge in [-0.15, -0.1) is 0 Å². The molecular weight excluding hydrogens is 190 g/mol. The van der Waals surface area contributed by atoms with E-state index in [1.54, 1.807) is 6.21 Å². The van der Waals surface area contributed by atoms with Gasteiger partial charge in [0, 0.05) is 6.21 Å². The summed E-state index contributed by atoms with van der Waals surface area (Å²) in [4.78, 5) is 4.32. The minimum Gasteiger partial charge on any atom is -0.347 e. The van der Waals surface area contributed by atoms with E-state index in [-0.39, 0.29) is 6.10 Å². The fourth-order valence-electron chi connectivity index (χ4n) is 1.47. The van der Waals surface area contributed by atoms with Crippen LogP contribution in [0.1, 0.15) is 13.8 Å². The Labute approximate surface area is 89.7 Å². The van der Waals surface area contributed by atoms with Crippen molar-refractivity contribution in [2.75, 3.05) is 6.61 Å². The first-order valence-corrected chi connectivity index (χ1v) is 5.07. The lowest BCUT2D eigenvalue weighted by molar-refractivity contribution is -0.130. The molecule has 1 aromatic rings. The molecule has 1 aliphatic rings. The van der Waals surface area contributed by atoms with Gasteiger partial charge in [-0.1, -0.05) is 18.2 Å². The zero-order valence-corrected chi connectivity index (χ0v) is 9.01. The molecular formula is C12H15NO2. The maximum Gasteiger partial charge on any atom is 0.163 e. The predicted molar refractivity (Wildman–Crippen MR) is 59.5 cm³/mol. The van der Waals surface area contributed by atoms with Crippen molar-refractivity contribution in [2.45, 2.75) is 25.7 Å². The average molecular weight is 205 g/mol. The van der Waals surface area contributed by atoms with Crippen molar-refractivity contribution < 1.29 is 9.47 Å². The summed E-state index contributed by atoms with van der Waals surface area (Å²) >= 11 is 0. The molecule has 0 bridgehead atoms. The highest BCUT2D eigenvalue weighted by molar-refractivity contribution is 5.68. The molecule has 15 heavy (non-hydrogen) atoms. The van der Waals surface area contributed by atoms with E-state index in [1.807, 2.05) is 44.2 Å². The summed E-state index contributed by atoms with van der Waals surface area (Å²) in [6.45, 7) is 4.38. The third-order valence-corrected chi connectivity index (χ3v) is 2.18. The Hall–Kier alpha value is -1.19. The zero-order chi connectivity index (χ0) is 10.7. The minimum atomic E-state index is -0.479. The van der Waals surface area contributed by atoms with E-state index in [0.717, 1.165) is 5.69 Å². The van der Waals surface area contributed by atoms with Crippen LogP contribution in [0.25, 0.3) is 0 Å². The van der Waals surface area contributed by atoms with Crippen molar-refractivity contribution >= 4 is 11.9 Å². The van der Waals surface area contributed by atoms with Crippen LogP contribution in [0.4, 0.5) is 5.69 Å². The zero-order valence-electron chi connectivity index (χ0n) is 9.01. The molecule has 0 saturated carbocycles. The molecule has 0 aliphatic carbocycles. The number of aliphatic imine (C=N–C) groups is 1. The predicted octanol–water partition coefficient (Wildman–Crippen LogP) is 2.54. The van der Waals surface area contributed by atoms with Gasteiger partial charge in [-0.05, 0) is 26.0 Å². The van der Waals surface area contributed by atoms with Gasteiger partial charge in [-0.2, -0.15) is 0 Å². The number of ether oxygens (including phenoxy) is 2. The molecule has 1 aliphatic heterocycles. The molecule has 1 saturated heterocycles. The number of para-hydroxylation sites is 1. The third kappa shape index (κ3) is 2.88. The van der Waals surface area contributed by atoms with Crippen LogP contribution in [-0.2, 0) is 9.47 Å². The summed E-state index contributed by atoms with van der Waals surface area (Å²) in [6.07, 6.45) is 1.75. The van der Waals surface area contributed by atoms with Gasteiger partial charge in [0.1, 0.15) is 6.10 Å². The van der Waals surface area contributed by atoms with Gasteiger partial charge >= 0.3 is 0 Å². The number of nitrogens with zero attached hydrogens (tertiary/aromatic N) is 1. The van der Waals surface area contributed by atoms with Crippen molar-refractivity contribution in [3.05, 3.63) is 30.3 Å². The largest absolute Gasteiger partial charge is 0.347 e. The SMILES string of the molecule is CC1(C)OC[C@H](C=Nc2ccccc2)O1. The molecule has 3 heteroatoms. The standard InChI is InChI=1S/C12H15NO2/c1-12(2)14-9-11(15-12)8-13-10-6-4-3-5-7-10/h3-8,11H,9H2,1-2H3/t11-/m0/s1. The summed E-state index contributed by atoms with van der Waals surface area (Å²) in [6, 6.07) is 9.80. The van der Waals surface area contributed by atoms with Crippen LogP contribution in [0.2, 0.25) is 0 Å². The van der Waals surface area contributed by atoms with Crippen LogP contribution in [0, 0.1) is 0 Å². The first-order valence-electron chi connectivity index (χ1n) is 5.07. The van der Waals surface area contributed by atoms with Crippen LogP contribution in [0.5, 0.6) is 0 Å². The van der Waals surface area contributed by atoms with Gasteiger partial charge in [-0.25, -0.2) is 0 Å². The van der Waals surface area contributed by atoms with Crippen LogP contribution in [0.15, 0.2) is 35.3 Å². The lowest BCUT2D eigenvalue weighted by Crippen LogP contribution is -2.21. The third-order valence-electron chi connectivity index (χ3n) is 2.18. The Morgan fingerprint density at radius 2 is 2.07 bits per heavy atom. The van der Waals surface area contributed by atoms with Gasteiger partial charge in [0.05, 0.1) is 12.3 Å². The molecule has 1 heterocycles. The maximum atomic E-state index is 5.60. The molecule has 0 aromatic heterocycles. The molecule has 0 spiro atoms. The van der Waals surface area contributed by atoms with Crippen molar-refractivity contribution in [3.8, 4) is 0 Å². The quantitative estimate of drug-likeness (QED) is 0.695. The fraction of sp³-hybridized carbons (Fsp3) is 0.417. The minimum absolute atomic E-state index is 0.0415. The lowest BCUT2D eigenvalue weighted by atomic mass is 10.3. The molecule has 80 valence electrons. The summed E-state index contributed by atoms with van der Waals surface area (Å²) in [7, 11) is 0. The monoisotopic (exact) mass is 205 g/mol. The lowest BCUT2D eigenvalue weighted by Gasteiger charge is -2.15. The highest BCUT2D eigenvalue weighted by atomic mass is 16.7. The first-order chi connectivity index (χ1) is 7.16. The van der Waals surface area contributed by atoms with E-state index in [9.17, 15) is 0 Å². The number of hydrogen-bond donors (Lipinski definition) is 0. The van der Waals surface area contributed by atoms with Crippen molar-refractivity contribution in [2.24, 2.45) is 4.99 Å². The first kappa shape index (κ1) is 10.3. The van der Waals surface area contributed by atoms with Gasteiger partial charge < -0.3 is 9.47 Å². The molecule has 1 fully saturated rings. The molecule has 2 rings (SSSR count). The van der Waals surface area contributed by atoms with Crippen molar-refractivity contribution in [1.82, 2.24) is 0 Å². The molecule has 1 atom stereocenters. The van der Waals surface area contributed by atoms with E-state index in [2.05, 4.69) is 4.99 Å². The Bertz CT molecular complexity index is 346. The Balaban J connectivity index is 1.96. The topological polar surface area (TPSA) is 30.8 Å². The smallest absolute Gasteiger partial charge is 0.163 e. The Morgan fingerprint density at radius 1 is 1.33 bits per heavy atom. The van der Waals surface area contributed by atoms with Gasteiger partial charge in [0.2, 0.25) is 0 Å².